The van der Waals surface area contributed by atoms with E-state index in [4.69, 9.17) is 30.0 Å². The molecule has 0 aliphatic heterocycles. The molecule has 2 fully saturated rings. The van der Waals surface area contributed by atoms with E-state index in [9.17, 15) is 0 Å². The number of hydrogen-bond donors (Lipinski definition) is 2. The van der Waals surface area contributed by atoms with Crippen molar-refractivity contribution < 1.29 is 4.74 Å². The first-order valence-electron chi connectivity index (χ1n) is 7.21. The first-order chi connectivity index (χ1) is 9.13. The molecule has 1 nitrogen and oxygen atoms in total. The van der Waals surface area contributed by atoms with Gasteiger partial charge in [-0.05, 0) is 61.1 Å². The van der Waals surface area contributed by atoms with E-state index >= 15 is 0 Å². The zero-order valence-corrected chi connectivity index (χ0v) is 13.2. The normalized spacial score (nSPS) is 32.9. The van der Waals surface area contributed by atoms with Crippen LogP contribution in [0.15, 0.2) is 24.3 Å². The van der Waals surface area contributed by atoms with Crippen LogP contribution in [0.2, 0.25) is 0 Å². The Kier molecular flexibility index (Phi) is 3.78. The Hall–Kier alpha value is -0.280. The van der Waals surface area contributed by atoms with Crippen LogP contribution in [0.3, 0.4) is 0 Å². The molecule has 2 saturated carbocycles. The highest BCUT2D eigenvalue weighted by Gasteiger charge is 2.49. The Bertz CT molecular complexity index is 441. The zero-order chi connectivity index (χ0) is 13.5. The van der Waals surface area contributed by atoms with Crippen molar-refractivity contribution in [1.29, 1.82) is 0 Å². The van der Waals surface area contributed by atoms with Crippen LogP contribution in [0, 0.1) is 11.8 Å². The average Bonchev–Trinajstić information content (AvgIpc) is 2.38. The largest absolute Gasteiger partial charge is 0.497 e. The number of fused-ring (bicyclic) bond motifs is 2. The standard InChI is InChI=1S/C16H22OS2/c1-17-13-8-5-11(6-9-13)14-10-7-12-3-2-4-15(14)16(12,18)19/h5-6,8-9,12,14-15,18-19H,2-4,7,10H2,1H3/t12-,14-,15+/m0/s1. The summed E-state index contributed by atoms with van der Waals surface area (Å²) in [7, 11) is 1.72. The summed E-state index contributed by atoms with van der Waals surface area (Å²) in [5.74, 6) is 2.83. The van der Waals surface area contributed by atoms with Crippen LogP contribution in [-0.2, 0) is 0 Å². The zero-order valence-electron chi connectivity index (χ0n) is 11.4. The summed E-state index contributed by atoms with van der Waals surface area (Å²) in [6.45, 7) is 0. The van der Waals surface area contributed by atoms with Gasteiger partial charge in [-0.3, -0.25) is 0 Å². The van der Waals surface area contributed by atoms with Crippen molar-refractivity contribution in [3.05, 3.63) is 29.8 Å². The van der Waals surface area contributed by atoms with Crippen LogP contribution in [0.25, 0.3) is 0 Å². The number of hydrogen-bond acceptors (Lipinski definition) is 3. The van der Waals surface area contributed by atoms with Gasteiger partial charge in [-0.15, -0.1) is 0 Å². The SMILES string of the molecule is COc1ccc([C@@H]2CC[C@@H]3CCC[C@H]2C3(S)S)cc1. The lowest BCUT2D eigenvalue weighted by Crippen LogP contribution is -2.45. The molecule has 1 aromatic rings. The van der Waals surface area contributed by atoms with Crippen molar-refractivity contribution in [1.82, 2.24) is 0 Å². The summed E-state index contributed by atoms with van der Waals surface area (Å²) < 4.78 is 5.17. The maximum absolute atomic E-state index is 5.25. The van der Waals surface area contributed by atoms with Crippen molar-refractivity contribution in [3.63, 3.8) is 0 Å². The Balaban J connectivity index is 1.87. The minimum Gasteiger partial charge on any atom is -0.497 e. The van der Waals surface area contributed by atoms with Gasteiger partial charge in [-0.2, -0.15) is 25.3 Å². The first kappa shape index (κ1) is 13.7. The summed E-state index contributed by atoms with van der Waals surface area (Å²) in [4.78, 5) is 0. The molecule has 0 spiro atoms. The monoisotopic (exact) mass is 294 g/mol. The molecular weight excluding hydrogens is 272 g/mol. The molecule has 2 bridgehead atoms. The molecule has 19 heavy (non-hydrogen) atoms. The molecule has 0 heterocycles. The second-order valence-corrected chi connectivity index (χ2v) is 7.81. The maximum atomic E-state index is 5.25. The molecule has 0 N–H and O–H groups in total. The third kappa shape index (κ3) is 2.40. The van der Waals surface area contributed by atoms with Crippen LogP contribution in [0.5, 0.6) is 5.75 Å². The van der Waals surface area contributed by atoms with E-state index in [2.05, 4.69) is 24.3 Å². The highest BCUT2D eigenvalue weighted by molar-refractivity contribution is 8.00. The van der Waals surface area contributed by atoms with Gasteiger partial charge in [0.25, 0.3) is 0 Å². The maximum Gasteiger partial charge on any atom is 0.118 e. The van der Waals surface area contributed by atoms with Gasteiger partial charge in [0, 0.05) is 0 Å². The quantitative estimate of drug-likeness (QED) is 0.601. The Morgan fingerprint density at radius 3 is 2.47 bits per heavy atom. The van der Waals surface area contributed by atoms with Crippen molar-refractivity contribution in [3.8, 4) is 5.75 Å². The van der Waals surface area contributed by atoms with Gasteiger partial charge in [-0.1, -0.05) is 18.6 Å². The van der Waals surface area contributed by atoms with E-state index in [1.807, 2.05) is 0 Å². The lowest BCUT2D eigenvalue weighted by atomic mass is 9.64. The fourth-order valence-electron chi connectivity index (χ4n) is 4.00. The molecular formula is C16H22OS2. The van der Waals surface area contributed by atoms with E-state index in [0.717, 1.165) is 5.75 Å². The van der Waals surface area contributed by atoms with E-state index in [0.29, 0.717) is 17.8 Å². The predicted octanol–water partition coefficient (Wildman–Crippen LogP) is 4.54. The number of methoxy groups -OCH3 is 1. The molecule has 3 heteroatoms. The first-order valence-corrected chi connectivity index (χ1v) is 8.11. The van der Waals surface area contributed by atoms with Crippen molar-refractivity contribution in [2.75, 3.05) is 7.11 Å². The van der Waals surface area contributed by atoms with E-state index in [1.165, 1.54) is 37.7 Å². The Morgan fingerprint density at radius 2 is 1.79 bits per heavy atom. The molecule has 0 amide bonds. The van der Waals surface area contributed by atoms with E-state index in [1.54, 1.807) is 7.11 Å². The summed E-state index contributed by atoms with van der Waals surface area (Å²) >= 11 is 9.85. The van der Waals surface area contributed by atoms with Gasteiger partial charge >= 0.3 is 0 Å². The van der Waals surface area contributed by atoms with E-state index < -0.39 is 0 Å². The predicted molar refractivity (Wildman–Crippen MR) is 86.5 cm³/mol. The highest BCUT2D eigenvalue weighted by atomic mass is 32.2. The van der Waals surface area contributed by atoms with Gasteiger partial charge in [0.15, 0.2) is 0 Å². The van der Waals surface area contributed by atoms with Crippen molar-refractivity contribution >= 4 is 25.3 Å². The minimum atomic E-state index is -0.0822. The van der Waals surface area contributed by atoms with Gasteiger partial charge in [0.2, 0.25) is 0 Å². The fourth-order valence-corrected chi connectivity index (χ4v) is 5.13. The molecule has 2 aliphatic rings. The number of ether oxygens (including phenoxy) is 1. The molecule has 2 aliphatic carbocycles. The topological polar surface area (TPSA) is 9.23 Å². The van der Waals surface area contributed by atoms with Gasteiger partial charge in [0.05, 0.1) is 11.2 Å². The molecule has 104 valence electrons. The van der Waals surface area contributed by atoms with Crippen LogP contribution in [0.4, 0.5) is 0 Å². The van der Waals surface area contributed by atoms with E-state index in [-0.39, 0.29) is 4.08 Å². The van der Waals surface area contributed by atoms with Gasteiger partial charge < -0.3 is 4.74 Å². The Labute approximate surface area is 126 Å². The summed E-state index contributed by atoms with van der Waals surface area (Å²) in [5, 5.41) is 0. The Morgan fingerprint density at radius 1 is 1.05 bits per heavy atom. The van der Waals surface area contributed by atoms with Crippen LogP contribution >= 0.6 is 25.3 Å². The molecule has 0 aromatic heterocycles. The average molecular weight is 294 g/mol. The van der Waals surface area contributed by atoms with Crippen LogP contribution in [-0.4, -0.2) is 11.2 Å². The summed E-state index contributed by atoms with van der Waals surface area (Å²) in [5.41, 5.74) is 1.43. The summed E-state index contributed by atoms with van der Waals surface area (Å²) in [6, 6.07) is 8.58. The second kappa shape index (κ2) is 5.25. The lowest BCUT2D eigenvalue weighted by Gasteiger charge is -2.51. The van der Waals surface area contributed by atoms with Crippen molar-refractivity contribution in [2.45, 2.75) is 42.1 Å². The molecule has 3 atom stereocenters. The third-order valence-corrected chi connectivity index (χ3v) is 6.46. The molecule has 1 aromatic carbocycles. The molecule has 0 radical (unpaired) electrons. The van der Waals surface area contributed by atoms with Crippen LogP contribution in [0.1, 0.15) is 43.6 Å². The molecule has 3 rings (SSSR count). The van der Waals surface area contributed by atoms with Gasteiger partial charge in [-0.25, -0.2) is 0 Å². The fraction of sp³-hybridized carbons (Fsp3) is 0.625. The minimum absolute atomic E-state index is 0.0822. The third-order valence-electron chi connectivity index (χ3n) is 5.07. The van der Waals surface area contributed by atoms with Crippen molar-refractivity contribution in [2.24, 2.45) is 11.8 Å². The highest BCUT2D eigenvalue weighted by Crippen LogP contribution is 2.58. The van der Waals surface area contributed by atoms with Gasteiger partial charge in [0.1, 0.15) is 5.75 Å². The number of thiol groups is 2. The molecule has 0 saturated heterocycles. The lowest BCUT2D eigenvalue weighted by molar-refractivity contribution is 0.158. The number of benzene rings is 1. The summed E-state index contributed by atoms with van der Waals surface area (Å²) in [6.07, 6.45) is 6.45. The van der Waals surface area contributed by atoms with Crippen LogP contribution < -0.4 is 4.74 Å². The second-order valence-electron chi connectivity index (χ2n) is 5.97. The number of rotatable bonds is 2. The molecule has 0 unspecified atom stereocenters. The smallest absolute Gasteiger partial charge is 0.118 e.